The predicted octanol–water partition coefficient (Wildman–Crippen LogP) is 3.73. The average molecular weight is 288 g/mol. The van der Waals surface area contributed by atoms with Gasteiger partial charge in [0.1, 0.15) is 0 Å². The van der Waals surface area contributed by atoms with Crippen LogP contribution in [0.4, 0.5) is 5.69 Å². The zero-order chi connectivity index (χ0) is 15.1. The predicted molar refractivity (Wildman–Crippen MR) is 88.3 cm³/mol. The Morgan fingerprint density at radius 3 is 2.43 bits per heavy atom. The van der Waals surface area contributed by atoms with Crippen molar-refractivity contribution in [2.75, 3.05) is 18.0 Å². The summed E-state index contributed by atoms with van der Waals surface area (Å²) in [6.45, 7) is 3.43. The van der Waals surface area contributed by atoms with Crippen LogP contribution in [-0.4, -0.2) is 19.0 Å². The first kappa shape index (κ1) is 16.0. The molecule has 1 aliphatic carbocycles. The van der Waals surface area contributed by atoms with Crippen molar-refractivity contribution in [1.82, 2.24) is 0 Å². The van der Waals surface area contributed by atoms with E-state index in [0.717, 1.165) is 50.8 Å². The van der Waals surface area contributed by atoms with E-state index in [1.165, 1.54) is 6.42 Å². The second kappa shape index (κ2) is 7.60. The molecule has 2 rings (SSSR count). The second-order valence-corrected chi connectivity index (χ2v) is 6.19. The van der Waals surface area contributed by atoms with Crippen molar-refractivity contribution in [3.63, 3.8) is 0 Å². The van der Waals surface area contributed by atoms with Gasteiger partial charge < -0.3 is 10.6 Å². The van der Waals surface area contributed by atoms with Crippen LogP contribution < -0.4 is 10.6 Å². The van der Waals surface area contributed by atoms with Gasteiger partial charge in [-0.3, -0.25) is 4.79 Å². The summed E-state index contributed by atoms with van der Waals surface area (Å²) in [7, 11) is 0. The molecule has 3 heteroatoms. The zero-order valence-corrected chi connectivity index (χ0v) is 13.2. The third-order valence-electron chi connectivity index (χ3n) is 4.70. The molecule has 1 amide bonds. The SMILES string of the molecule is CCCCN(C(=O)C1(CN)CCCCC1)c1ccccc1. The molecule has 1 saturated carbocycles. The highest BCUT2D eigenvalue weighted by Gasteiger charge is 2.41. The van der Waals surface area contributed by atoms with Crippen LogP contribution in [0, 0.1) is 5.41 Å². The minimum atomic E-state index is -0.332. The summed E-state index contributed by atoms with van der Waals surface area (Å²) in [4.78, 5) is 15.2. The van der Waals surface area contributed by atoms with E-state index in [0.29, 0.717) is 6.54 Å². The van der Waals surface area contributed by atoms with E-state index in [-0.39, 0.29) is 11.3 Å². The fourth-order valence-electron chi connectivity index (χ4n) is 3.29. The molecule has 0 spiro atoms. The first-order valence-electron chi connectivity index (χ1n) is 8.30. The van der Waals surface area contributed by atoms with Gasteiger partial charge in [0, 0.05) is 18.8 Å². The topological polar surface area (TPSA) is 46.3 Å². The van der Waals surface area contributed by atoms with Gasteiger partial charge in [0.2, 0.25) is 5.91 Å². The van der Waals surface area contributed by atoms with Crippen LogP contribution in [0.5, 0.6) is 0 Å². The Morgan fingerprint density at radius 1 is 1.19 bits per heavy atom. The maximum absolute atomic E-state index is 13.2. The Labute approximate surface area is 128 Å². The Morgan fingerprint density at radius 2 is 1.86 bits per heavy atom. The molecule has 1 aromatic rings. The number of amides is 1. The van der Waals surface area contributed by atoms with Gasteiger partial charge in [-0.05, 0) is 31.4 Å². The molecule has 3 nitrogen and oxygen atoms in total. The minimum Gasteiger partial charge on any atom is -0.329 e. The quantitative estimate of drug-likeness (QED) is 0.867. The first-order chi connectivity index (χ1) is 10.2. The molecule has 0 atom stereocenters. The second-order valence-electron chi connectivity index (χ2n) is 6.19. The number of rotatable bonds is 6. The Hall–Kier alpha value is -1.35. The van der Waals surface area contributed by atoms with E-state index in [4.69, 9.17) is 5.73 Å². The third-order valence-corrected chi connectivity index (χ3v) is 4.70. The number of carbonyl (C=O) groups is 1. The molecular formula is C18H28N2O. The number of para-hydroxylation sites is 1. The number of anilines is 1. The fourth-order valence-corrected chi connectivity index (χ4v) is 3.29. The molecule has 1 fully saturated rings. The van der Waals surface area contributed by atoms with Crippen LogP contribution in [0.1, 0.15) is 51.9 Å². The molecule has 0 saturated heterocycles. The smallest absolute Gasteiger partial charge is 0.234 e. The van der Waals surface area contributed by atoms with Gasteiger partial charge in [0.05, 0.1) is 5.41 Å². The number of hydrogen-bond acceptors (Lipinski definition) is 2. The molecule has 0 aliphatic heterocycles. The van der Waals surface area contributed by atoms with E-state index < -0.39 is 0 Å². The van der Waals surface area contributed by atoms with Gasteiger partial charge in [-0.2, -0.15) is 0 Å². The van der Waals surface area contributed by atoms with Crippen LogP contribution in [0.2, 0.25) is 0 Å². The molecule has 21 heavy (non-hydrogen) atoms. The summed E-state index contributed by atoms with van der Waals surface area (Å²) in [5.74, 6) is 0.240. The molecule has 116 valence electrons. The largest absolute Gasteiger partial charge is 0.329 e. The monoisotopic (exact) mass is 288 g/mol. The van der Waals surface area contributed by atoms with Crippen LogP contribution in [0.25, 0.3) is 0 Å². The van der Waals surface area contributed by atoms with Gasteiger partial charge in [-0.1, -0.05) is 50.8 Å². The molecule has 1 aromatic carbocycles. The Kier molecular flexibility index (Phi) is 5.80. The number of carbonyl (C=O) groups excluding carboxylic acids is 1. The maximum Gasteiger partial charge on any atom is 0.234 e. The average Bonchev–Trinajstić information content (AvgIpc) is 2.56. The highest BCUT2D eigenvalue weighted by molar-refractivity contribution is 5.97. The molecule has 0 heterocycles. The molecule has 1 aliphatic rings. The van der Waals surface area contributed by atoms with Crippen molar-refractivity contribution in [3.05, 3.63) is 30.3 Å². The summed E-state index contributed by atoms with van der Waals surface area (Å²) in [6.07, 6.45) is 7.48. The summed E-state index contributed by atoms with van der Waals surface area (Å²) >= 11 is 0. The summed E-state index contributed by atoms with van der Waals surface area (Å²) in [5.41, 5.74) is 6.71. The Bertz CT molecular complexity index is 438. The van der Waals surface area contributed by atoms with Crippen LogP contribution in [0.3, 0.4) is 0 Å². The normalized spacial score (nSPS) is 17.4. The lowest BCUT2D eigenvalue weighted by Gasteiger charge is -2.39. The van der Waals surface area contributed by atoms with Crippen molar-refractivity contribution in [3.8, 4) is 0 Å². The van der Waals surface area contributed by atoms with Crippen LogP contribution in [0.15, 0.2) is 30.3 Å². The lowest BCUT2D eigenvalue weighted by atomic mass is 9.73. The van der Waals surface area contributed by atoms with Gasteiger partial charge in [-0.15, -0.1) is 0 Å². The summed E-state index contributed by atoms with van der Waals surface area (Å²) in [6, 6.07) is 10.0. The number of benzene rings is 1. The van der Waals surface area contributed by atoms with Crippen LogP contribution in [-0.2, 0) is 4.79 Å². The molecule has 0 aromatic heterocycles. The van der Waals surface area contributed by atoms with Crippen LogP contribution >= 0.6 is 0 Å². The Balaban J connectivity index is 2.24. The highest BCUT2D eigenvalue weighted by atomic mass is 16.2. The van der Waals surface area contributed by atoms with Crippen molar-refractivity contribution in [1.29, 1.82) is 0 Å². The van der Waals surface area contributed by atoms with Crippen molar-refractivity contribution >= 4 is 11.6 Å². The van der Waals surface area contributed by atoms with E-state index >= 15 is 0 Å². The molecule has 0 unspecified atom stereocenters. The number of unbranched alkanes of at least 4 members (excludes halogenated alkanes) is 1. The van der Waals surface area contributed by atoms with E-state index in [1.807, 2.05) is 35.2 Å². The van der Waals surface area contributed by atoms with Gasteiger partial charge in [-0.25, -0.2) is 0 Å². The van der Waals surface area contributed by atoms with E-state index in [2.05, 4.69) is 6.92 Å². The summed E-state index contributed by atoms with van der Waals surface area (Å²) < 4.78 is 0. The lowest BCUT2D eigenvalue weighted by Crippen LogP contribution is -2.49. The standard InChI is InChI=1S/C18H28N2O/c1-2-3-14-20(16-10-6-4-7-11-16)17(21)18(15-19)12-8-5-9-13-18/h4,6-7,10-11H,2-3,5,8-9,12-15,19H2,1H3. The minimum absolute atomic E-state index is 0.240. The van der Waals surface area contributed by atoms with Gasteiger partial charge in [0.15, 0.2) is 0 Å². The molecule has 0 radical (unpaired) electrons. The summed E-state index contributed by atoms with van der Waals surface area (Å²) in [5, 5.41) is 0. The van der Waals surface area contributed by atoms with E-state index in [9.17, 15) is 4.79 Å². The highest BCUT2D eigenvalue weighted by Crippen LogP contribution is 2.38. The van der Waals surface area contributed by atoms with Crippen molar-refractivity contribution < 1.29 is 4.79 Å². The van der Waals surface area contributed by atoms with E-state index in [1.54, 1.807) is 0 Å². The van der Waals surface area contributed by atoms with Crippen molar-refractivity contribution in [2.45, 2.75) is 51.9 Å². The molecular weight excluding hydrogens is 260 g/mol. The number of hydrogen-bond donors (Lipinski definition) is 1. The molecule has 2 N–H and O–H groups in total. The number of nitrogens with zero attached hydrogens (tertiary/aromatic N) is 1. The number of nitrogens with two attached hydrogens (primary N) is 1. The first-order valence-corrected chi connectivity index (χ1v) is 8.30. The van der Waals surface area contributed by atoms with Gasteiger partial charge >= 0.3 is 0 Å². The van der Waals surface area contributed by atoms with Gasteiger partial charge in [0.25, 0.3) is 0 Å². The fraction of sp³-hybridized carbons (Fsp3) is 0.611. The van der Waals surface area contributed by atoms with Crippen molar-refractivity contribution in [2.24, 2.45) is 11.1 Å². The third kappa shape index (κ3) is 3.65. The maximum atomic E-state index is 13.2. The lowest BCUT2D eigenvalue weighted by molar-refractivity contribution is -0.129. The zero-order valence-electron chi connectivity index (χ0n) is 13.2. The molecule has 0 bridgehead atoms.